The number of nitrogens with one attached hydrogen (secondary N) is 1. The number of nitrogens with zero attached hydrogens (tertiary/aromatic N) is 3. The molecule has 0 unspecified atom stereocenters. The average Bonchev–Trinajstić information content (AvgIpc) is 2.67. The molecule has 0 aliphatic carbocycles. The van der Waals surface area contributed by atoms with E-state index < -0.39 is 0 Å². The van der Waals surface area contributed by atoms with Gasteiger partial charge in [0.15, 0.2) is 5.16 Å². The van der Waals surface area contributed by atoms with E-state index in [0.29, 0.717) is 28.2 Å². The molecular weight excluding hydrogens is 380 g/mol. The second-order valence-electron chi connectivity index (χ2n) is 6.10. The standard InChI is InChI=1S/C20H27ClN4OS/c1-4-7-11-22-19(26)16-10-8-9-15(12-16)14-27-20-23-17(21)13-18(24-20)25(5-2)6-3/h8-10,12-13H,4-7,11,14H2,1-3H3,(H,22,26). The number of anilines is 1. The smallest absolute Gasteiger partial charge is 0.251 e. The second-order valence-corrected chi connectivity index (χ2v) is 7.43. The first-order valence-electron chi connectivity index (χ1n) is 9.36. The Morgan fingerprint density at radius 2 is 1.96 bits per heavy atom. The van der Waals surface area contributed by atoms with Gasteiger partial charge in [0.25, 0.3) is 5.91 Å². The van der Waals surface area contributed by atoms with Crippen LogP contribution in [0, 0.1) is 0 Å². The van der Waals surface area contributed by atoms with E-state index in [1.165, 1.54) is 11.8 Å². The van der Waals surface area contributed by atoms with Crippen LogP contribution >= 0.6 is 23.4 Å². The zero-order valence-electron chi connectivity index (χ0n) is 16.2. The monoisotopic (exact) mass is 406 g/mol. The van der Waals surface area contributed by atoms with E-state index in [2.05, 4.69) is 41.0 Å². The molecule has 0 atom stereocenters. The molecule has 146 valence electrons. The average molecular weight is 407 g/mol. The Labute approximate surface area is 170 Å². The molecule has 27 heavy (non-hydrogen) atoms. The number of benzene rings is 1. The SMILES string of the molecule is CCCCNC(=O)c1cccc(CSc2nc(Cl)cc(N(CC)CC)n2)c1. The largest absolute Gasteiger partial charge is 0.357 e. The Hall–Kier alpha value is -1.79. The highest BCUT2D eigenvalue weighted by atomic mass is 35.5. The summed E-state index contributed by atoms with van der Waals surface area (Å²) in [6.07, 6.45) is 2.05. The van der Waals surface area contributed by atoms with Crippen molar-refractivity contribution in [2.24, 2.45) is 0 Å². The normalized spacial score (nSPS) is 10.7. The van der Waals surface area contributed by atoms with Gasteiger partial charge < -0.3 is 10.2 Å². The van der Waals surface area contributed by atoms with Crippen molar-refractivity contribution in [2.75, 3.05) is 24.5 Å². The summed E-state index contributed by atoms with van der Waals surface area (Å²) in [5, 5.41) is 4.03. The molecule has 0 saturated heterocycles. The number of amides is 1. The van der Waals surface area contributed by atoms with Gasteiger partial charge in [0, 0.05) is 37.0 Å². The van der Waals surface area contributed by atoms with Gasteiger partial charge in [0.2, 0.25) is 0 Å². The summed E-state index contributed by atoms with van der Waals surface area (Å²) in [5.41, 5.74) is 1.73. The predicted octanol–water partition coefficient (Wildman–Crippen LogP) is 4.80. The molecule has 0 fully saturated rings. The van der Waals surface area contributed by atoms with Crippen molar-refractivity contribution < 1.29 is 4.79 Å². The Kier molecular flexibility index (Phi) is 8.88. The van der Waals surface area contributed by atoms with Crippen LogP contribution in [0.25, 0.3) is 0 Å². The molecule has 0 spiro atoms. The molecule has 0 radical (unpaired) electrons. The van der Waals surface area contributed by atoms with Gasteiger partial charge in [-0.05, 0) is 38.0 Å². The third-order valence-electron chi connectivity index (χ3n) is 4.12. The molecule has 2 aromatic rings. The number of carbonyl (C=O) groups excluding carboxylic acids is 1. The van der Waals surface area contributed by atoms with Crippen LogP contribution in [0.3, 0.4) is 0 Å². The highest BCUT2D eigenvalue weighted by molar-refractivity contribution is 7.98. The minimum atomic E-state index is -0.0295. The molecule has 1 aromatic carbocycles. The summed E-state index contributed by atoms with van der Waals surface area (Å²) in [4.78, 5) is 23.3. The maximum absolute atomic E-state index is 12.2. The highest BCUT2D eigenvalue weighted by Gasteiger charge is 2.10. The predicted molar refractivity (Wildman–Crippen MR) is 114 cm³/mol. The van der Waals surface area contributed by atoms with E-state index in [1.54, 1.807) is 6.07 Å². The number of unbranched alkanes of at least 4 members (excludes halogenated alkanes) is 1. The number of carbonyl (C=O) groups is 1. The van der Waals surface area contributed by atoms with Gasteiger partial charge >= 0.3 is 0 Å². The van der Waals surface area contributed by atoms with Crippen LogP contribution in [0.15, 0.2) is 35.5 Å². The summed E-state index contributed by atoms with van der Waals surface area (Å²) >= 11 is 7.69. The molecule has 0 aliphatic rings. The maximum atomic E-state index is 12.2. The molecule has 0 saturated carbocycles. The van der Waals surface area contributed by atoms with Gasteiger partial charge in [-0.25, -0.2) is 9.97 Å². The first-order valence-corrected chi connectivity index (χ1v) is 10.7. The third-order valence-corrected chi connectivity index (χ3v) is 5.23. The van der Waals surface area contributed by atoms with Gasteiger partial charge in [0.05, 0.1) is 0 Å². The molecule has 0 aliphatic heterocycles. The number of thioether (sulfide) groups is 1. The lowest BCUT2D eigenvalue weighted by molar-refractivity contribution is 0.0953. The van der Waals surface area contributed by atoms with Crippen molar-refractivity contribution in [2.45, 2.75) is 44.5 Å². The van der Waals surface area contributed by atoms with E-state index in [4.69, 9.17) is 11.6 Å². The van der Waals surface area contributed by atoms with Crippen molar-refractivity contribution in [1.82, 2.24) is 15.3 Å². The highest BCUT2D eigenvalue weighted by Crippen LogP contribution is 2.25. The lowest BCUT2D eigenvalue weighted by atomic mass is 10.1. The van der Waals surface area contributed by atoms with Crippen LogP contribution in [0.1, 0.15) is 49.5 Å². The minimum Gasteiger partial charge on any atom is -0.357 e. The number of hydrogen-bond acceptors (Lipinski definition) is 5. The van der Waals surface area contributed by atoms with Crippen LogP contribution in [0.4, 0.5) is 5.82 Å². The van der Waals surface area contributed by atoms with Gasteiger partial charge in [-0.2, -0.15) is 0 Å². The molecule has 0 bridgehead atoms. The molecule has 1 heterocycles. The lowest BCUT2D eigenvalue weighted by Crippen LogP contribution is -2.24. The van der Waals surface area contributed by atoms with Crippen LogP contribution in [0.5, 0.6) is 0 Å². The summed E-state index contributed by atoms with van der Waals surface area (Å²) < 4.78 is 0. The number of hydrogen-bond donors (Lipinski definition) is 1. The number of rotatable bonds is 10. The van der Waals surface area contributed by atoms with Crippen LogP contribution < -0.4 is 10.2 Å². The molecule has 2 rings (SSSR count). The zero-order chi connectivity index (χ0) is 19.6. The topological polar surface area (TPSA) is 58.1 Å². The first kappa shape index (κ1) is 21.5. The summed E-state index contributed by atoms with van der Waals surface area (Å²) in [5.74, 6) is 1.48. The van der Waals surface area contributed by atoms with E-state index in [9.17, 15) is 4.79 Å². The van der Waals surface area contributed by atoms with Gasteiger partial charge in [-0.15, -0.1) is 0 Å². The molecular formula is C20H27ClN4OS. The summed E-state index contributed by atoms with van der Waals surface area (Å²) in [6.45, 7) is 8.71. The molecule has 7 heteroatoms. The van der Waals surface area contributed by atoms with Crippen LogP contribution in [0.2, 0.25) is 5.15 Å². The lowest BCUT2D eigenvalue weighted by Gasteiger charge is -2.20. The molecule has 1 N–H and O–H groups in total. The van der Waals surface area contributed by atoms with Crippen molar-refractivity contribution in [1.29, 1.82) is 0 Å². The molecule has 1 amide bonds. The van der Waals surface area contributed by atoms with E-state index in [0.717, 1.165) is 37.3 Å². The van der Waals surface area contributed by atoms with Crippen molar-refractivity contribution in [3.63, 3.8) is 0 Å². The van der Waals surface area contributed by atoms with Gasteiger partial charge in [-0.3, -0.25) is 4.79 Å². The Balaban J connectivity index is 2.04. The summed E-state index contributed by atoms with van der Waals surface area (Å²) in [6, 6.07) is 9.46. The first-order chi connectivity index (χ1) is 13.1. The van der Waals surface area contributed by atoms with Crippen LogP contribution in [-0.2, 0) is 5.75 Å². The quantitative estimate of drug-likeness (QED) is 0.266. The van der Waals surface area contributed by atoms with Crippen molar-refractivity contribution in [3.05, 3.63) is 46.6 Å². The fourth-order valence-corrected chi connectivity index (χ4v) is 3.61. The maximum Gasteiger partial charge on any atom is 0.251 e. The second kappa shape index (κ2) is 11.1. The van der Waals surface area contributed by atoms with E-state index in [1.807, 2.05) is 24.3 Å². The van der Waals surface area contributed by atoms with Crippen LogP contribution in [-0.4, -0.2) is 35.5 Å². The Morgan fingerprint density at radius 1 is 1.19 bits per heavy atom. The van der Waals surface area contributed by atoms with Gasteiger partial charge in [-0.1, -0.05) is 48.8 Å². The zero-order valence-corrected chi connectivity index (χ0v) is 17.7. The van der Waals surface area contributed by atoms with Gasteiger partial charge in [0.1, 0.15) is 11.0 Å². The molecule has 5 nitrogen and oxygen atoms in total. The van der Waals surface area contributed by atoms with Crippen molar-refractivity contribution >= 4 is 35.1 Å². The summed E-state index contributed by atoms with van der Waals surface area (Å²) in [7, 11) is 0. The number of aromatic nitrogens is 2. The van der Waals surface area contributed by atoms with E-state index >= 15 is 0 Å². The van der Waals surface area contributed by atoms with E-state index in [-0.39, 0.29) is 5.91 Å². The Bertz CT molecular complexity index is 753. The Morgan fingerprint density at radius 3 is 2.67 bits per heavy atom. The number of halogens is 1. The van der Waals surface area contributed by atoms with Crippen molar-refractivity contribution in [3.8, 4) is 0 Å². The fraction of sp³-hybridized carbons (Fsp3) is 0.450. The fourth-order valence-electron chi connectivity index (χ4n) is 2.59. The minimum absolute atomic E-state index is 0.0295. The third kappa shape index (κ3) is 6.70. The molecule has 1 aromatic heterocycles.